The number of carbonyl (C=O) groups is 1. The van der Waals surface area contributed by atoms with Crippen LogP contribution in [-0.4, -0.2) is 19.6 Å². The highest BCUT2D eigenvalue weighted by Crippen LogP contribution is 2.14. The second kappa shape index (κ2) is 4.92. The Morgan fingerprint density at radius 1 is 1.73 bits per heavy atom. The molecule has 0 aliphatic heterocycles. The molecule has 82 valence electrons. The van der Waals surface area contributed by atoms with E-state index in [-0.39, 0.29) is 10.9 Å². The summed E-state index contributed by atoms with van der Waals surface area (Å²) in [4.78, 5) is 24.5. The van der Waals surface area contributed by atoms with Gasteiger partial charge in [-0.05, 0) is 11.3 Å². The van der Waals surface area contributed by atoms with E-state index in [1.165, 1.54) is 10.8 Å². The number of rotatable bonds is 5. The van der Waals surface area contributed by atoms with Crippen molar-refractivity contribution in [2.24, 2.45) is 0 Å². The quantitative estimate of drug-likeness (QED) is 0.469. The zero-order valence-electron chi connectivity index (χ0n) is 8.21. The minimum absolute atomic E-state index is 0.0425. The van der Waals surface area contributed by atoms with Gasteiger partial charge in [-0.3, -0.25) is 4.79 Å². The topological polar surface area (TPSA) is 78.0 Å². The molecule has 1 rings (SSSR count). The molecule has 0 amide bonds. The molecule has 0 unspecified atom stereocenters. The zero-order valence-corrected chi connectivity index (χ0v) is 9.11. The predicted molar refractivity (Wildman–Crippen MR) is 56.8 cm³/mol. The Labute approximate surface area is 91.9 Å². The van der Waals surface area contributed by atoms with Gasteiger partial charge in [0.15, 0.2) is 10.9 Å². The summed E-state index contributed by atoms with van der Waals surface area (Å²) in [6.07, 6.45) is 2.05. The van der Waals surface area contributed by atoms with Crippen molar-refractivity contribution < 1.29 is 9.72 Å². The number of aromatic nitrogens is 2. The van der Waals surface area contributed by atoms with Crippen molar-refractivity contribution in [3.8, 4) is 0 Å². The Kier molecular flexibility index (Phi) is 3.84. The van der Waals surface area contributed by atoms with Gasteiger partial charge in [0.25, 0.3) is 0 Å². The third-order valence-electron chi connectivity index (χ3n) is 1.99. The van der Waals surface area contributed by atoms with Crippen LogP contribution in [-0.2, 0) is 11.3 Å². The summed E-state index contributed by atoms with van der Waals surface area (Å²) in [5, 5.41) is 10.4. The maximum absolute atomic E-state index is 10.6. The highest BCUT2D eigenvalue weighted by Gasteiger charge is 2.16. The molecule has 1 heterocycles. The zero-order chi connectivity index (χ0) is 11.4. The molecule has 0 aliphatic rings. The fourth-order valence-electron chi connectivity index (χ4n) is 1.27. The molecule has 1 aromatic rings. The molecule has 0 atom stereocenters. The van der Waals surface area contributed by atoms with Crippen molar-refractivity contribution >= 4 is 23.6 Å². The monoisotopic (exact) mass is 229 g/mol. The largest absolute Gasteiger partial charge is 0.358 e. The first-order valence-electron chi connectivity index (χ1n) is 4.40. The Bertz CT molecular complexity index is 388. The molecule has 0 aromatic carbocycles. The van der Waals surface area contributed by atoms with Crippen molar-refractivity contribution in [1.29, 1.82) is 0 Å². The summed E-state index contributed by atoms with van der Waals surface area (Å²) < 4.78 is 1.48. The minimum Gasteiger partial charge on any atom is -0.358 e. The van der Waals surface area contributed by atoms with E-state index in [1.54, 1.807) is 6.92 Å². The van der Waals surface area contributed by atoms with Gasteiger partial charge in [0.1, 0.15) is 6.20 Å². The molecule has 0 saturated carbocycles. The van der Waals surface area contributed by atoms with Crippen LogP contribution in [0.1, 0.15) is 18.7 Å². The smallest absolute Gasteiger partial charge is 0.342 e. The normalized spacial score (nSPS) is 10.3. The highest BCUT2D eigenvalue weighted by atomic mass is 32.1. The van der Waals surface area contributed by atoms with Crippen molar-refractivity contribution in [2.45, 2.75) is 26.3 Å². The molecule has 0 bridgehead atoms. The van der Waals surface area contributed by atoms with Crippen LogP contribution in [0.3, 0.4) is 0 Å². The summed E-state index contributed by atoms with van der Waals surface area (Å²) in [6.45, 7) is 2.10. The lowest BCUT2D eigenvalue weighted by atomic mass is 10.3. The van der Waals surface area contributed by atoms with E-state index in [4.69, 9.17) is 0 Å². The lowest BCUT2D eigenvalue weighted by Crippen LogP contribution is -2.05. The Morgan fingerprint density at radius 3 is 2.93 bits per heavy atom. The van der Waals surface area contributed by atoms with E-state index in [2.05, 4.69) is 17.6 Å². The number of hydrogen-bond donors (Lipinski definition) is 1. The number of thiol groups is 1. The molecular formula is C8H11N3O3S. The molecule has 0 aliphatic carbocycles. The first kappa shape index (κ1) is 11.7. The SMILES string of the molecule is Cc1ncc([N+](=O)[O-])n1CCCC(=O)S. The van der Waals surface area contributed by atoms with Gasteiger partial charge < -0.3 is 10.1 Å². The molecule has 7 heteroatoms. The van der Waals surface area contributed by atoms with Crippen LogP contribution in [0.15, 0.2) is 6.20 Å². The second-order valence-electron chi connectivity index (χ2n) is 3.07. The van der Waals surface area contributed by atoms with E-state index in [0.717, 1.165) is 0 Å². The lowest BCUT2D eigenvalue weighted by Gasteiger charge is -2.01. The average molecular weight is 229 g/mol. The Hall–Kier alpha value is -1.37. The number of aryl methyl sites for hydroxylation is 1. The molecule has 0 saturated heterocycles. The maximum Gasteiger partial charge on any atom is 0.342 e. The van der Waals surface area contributed by atoms with E-state index in [1.807, 2.05) is 0 Å². The van der Waals surface area contributed by atoms with Gasteiger partial charge in [-0.25, -0.2) is 9.55 Å². The lowest BCUT2D eigenvalue weighted by molar-refractivity contribution is -0.392. The molecule has 1 aromatic heterocycles. The van der Waals surface area contributed by atoms with Crippen LogP contribution in [0.2, 0.25) is 0 Å². The van der Waals surface area contributed by atoms with Gasteiger partial charge in [-0.1, -0.05) is 0 Å². The fraction of sp³-hybridized carbons (Fsp3) is 0.500. The van der Waals surface area contributed by atoms with Crippen molar-refractivity contribution in [3.05, 3.63) is 22.1 Å². The van der Waals surface area contributed by atoms with Gasteiger partial charge in [0.05, 0.1) is 6.54 Å². The summed E-state index contributed by atoms with van der Waals surface area (Å²) >= 11 is 3.62. The van der Waals surface area contributed by atoms with Gasteiger partial charge >= 0.3 is 5.82 Å². The summed E-state index contributed by atoms with van der Waals surface area (Å²) in [5.41, 5.74) is 0. The van der Waals surface area contributed by atoms with Crippen LogP contribution >= 0.6 is 12.6 Å². The van der Waals surface area contributed by atoms with Gasteiger partial charge in [0.2, 0.25) is 0 Å². The summed E-state index contributed by atoms with van der Waals surface area (Å²) in [6, 6.07) is 0. The van der Waals surface area contributed by atoms with E-state index >= 15 is 0 Å². The highest BCUT2D eigenvalue weighted by molar-refractivity contribution is 7.96. The second-order valence-corrected chi connectivity index (χ2v) is 3.57. The van der Waals surface area contributed by atoms with Crippen LogP contribution < -0.4 is 0 Å². The summed E-state index contributed by atoms with van der Waals surface area (Å²) in [5.74, 6) is 0.535. The Balaban J connectivity index is 2.70. The van der Waals surface area contributed by atoms with E-state index < -0.39 is 4.92 Å². The third kappa shape index (κ3) is 3.05. The van der Waals surface area contributed by atoms with E-state index in [9.17, 15) is 14.9 Å². The van der Waals surface area contributed by atoms with Crippen LogP contribution in [0, 0.1) is 17.0 Å². The number of carbonyl (C=O) groups excluding carboxylic acids is 1. The standard InChI is InChI=1S/C8H11N3O3S/c1-6-9-5-7(11(13)14)10(6)4-2-3-8(12)15/h5H,2-4H2,1H3,(H,12,15). The molecule has 0 radical (unpaired) electrons. The predicted octanol–water partition coefficient (Wildman–Crippen LogP) is 1.34. The molecular weight excluding hydrogens is 218 g/mol. The van der Waals surface area contributed by atoms with Crippen LogP contribution in [0.5, 0.6) is 0 Å². The maximum atomic E-state index is 10.6. The van der Waals surface area contributed by atoms with Crippen molar-refractivity contribution in [3.63, 3.8) is 0 Å². The van der Waals surface area contributed by atoms with Crippen molar-refractivity contribution in [1.82, 2.24) is 9.55 Å². The summed E-state index contributed by atoms with van der Waals surface area (Å²) in [7, 11) is 0. The van der Waals surface area contributed by atoms with Crippen LogP contribution in [0.4, 0.5) is 5.82 Å². The minimum atomic E-state index is -0.484. The number of imidazole rings is 1. The van der Waals surface area contributed by atoms with E-state index in [0.29, 0.717) is 25.2 Å². The van der Waals surface area contributed by atoms with Gasteiger partial charge in [0, 0.05) is 13.3 Å². The number of nitrogens with zero attached hydrogens (tertiary/aromatic N) is 3. The third-order valence-corrected chi connectivity index (χ3v) is 2.22. The molecule has 0 spiro atoms. The Morgan fingerprint density at radius 2 is 2.40 bits per heavy atom. The molecule has 15 heavy (non-hydrogen) atoms. The number of nitro groups is 1. The van der Waals surface area contributed by atoms with Gasteiger partial charge in [-0.15, -0.1) is 12.6 Å². The first-order valence-corrected chi connectivity index (χ1v) is 4.85. The molecule has 6 nitrogen and oxygen atoms in total. The van der Waals surface area contributed by atoms with Gasteiger partial charge in [-0.2, -0.15) is 0 Å². The van der Waals surface area contributed by atoms with Crippen molar-refractivity contribution in [2.75, 3.05) is 0 Å². The first-order chi connectivity index (χ1) is 7.02. The average Bonchev–Trinajstić information content (AvgIpc) is 2.47. The number of hydrogen-bond acceptors (Lipinski definition) is 4. The fourth-order valence-corrected chi connectivity index (χ4v) is 1.42. The molecule has 0 fully saturated rings. The van der Waals surface area contributed by atoms with Crippen LogP contribution in [0.25, 0.3) is 0 Å². The molecule has 0 N–H and O–H groups in total.